The summed E-state index contributed by atoms with van der Waals surface area (Å²) in [5.41, 5.74) is 2.36. The van der Waals surface area contributed by atoms with Crippen molar-refractivity contribution in [2.45, 2.75) is 43.6 Å². The summed E-state index contributed by atoms with van der Waals surface area (Å²) < 4.78 is 8.27. The number of nitrogens with zero attached hydrogens (tertiary/aromatic N) is 4. The van der Waals surface area contributed by atoms with Crippen molar-refractivity contribution < 1.29 is 9.53 Å². The minimum Gasteiger partial charge on any atom is -0.367 e. The average Bonchev–Trinajstić information content (AvgIpc) is 3.26. The van der Waals surface area contributed by atoms with Crippen molar-refractivity contribution in [1.29, 1.82) is 0 Å². The van der Waals surface area contributed by atoms with Gasteiger partial charge in [-0.1, -0.05) is 0 Å². The fraction of sp³-hybridized carbons (Fsp3) is 0.778. The highest BCUT2D eigenvalue weighted by Crippen LogP contribution is 2.46. The van der Waals surface area contributed by atoms with Gasteiger partial charge >= 0.3 is 0 Å². The third-order valence-electron chi connectivity index (χ3n) is 5.58. The number of aromatic nitrogens is 2. The number of hydrogen-bond acceptors (Lipinski definition) is 5. The first kappa shape index (κ1) is 17.4. The Labute approximate surface area is 153 Å². The molecule has 4 rings (SSSR count). The Kier molecular flexibility index (Phi) is 4.81. The van der Waals surface area contributed by atoms with Crippen molar-refractivity contribution in [1.82, 2.24) is 19.6 Å². The molecule has 0 N–H and O–H groups in total. The molecule has 0 bridgehead atoms. The summed E-state index contributed by atoms with van der Waals surface area (Å²) in [5, 5.41) is 4.43. The van der Waals surface area contributed by atoms with E-state index in [2.05, 4.69) is 16.1 Å². The van der Waals surface area contributed by atoms with E-state index in [1.807, 2.05) is 35.3 Å². The lowest BCUT2D eigenvalue weighted by atomic mass is 9.93. The van der Waals surface area contributed by atoms with Gasteiger partial charge in [-0.25, -0.2) is 0 Å². The van der Waals surface area contributed by atoms with Crippen LogP contribution in [0.3, 0.4) is 0 Å². The second-order valence-electron chi connectivity index (χ2n) is 7.76. The number of thioether (sulfide) groups is 1. The summed E-state index contributed by atoms with van der Waals surface area (Å²) in [6.07, 6.45) is 3.59. The maximum Gasteiger partial charge on any atom is 0.248 e. The van der Waals surface area contributed by atoms with Gasteiger partial charge in [0.15, 0.2) is 0 Å². The van der Waals surface area contributed by atoms with Crippen LogP contribution in [0.15, 0.2) is 6.07 Å². The van der Waals surface area contributed by atoms with E-state index in [1.165, 1.54) is 5.69 Å². The number of ether oxygens (including phenoxy) is 1. The molecule has 0 aliphatic carbocycles. The second kappa shape index (κ2) is 6.93. The van der Waals surface area contributed by atoms with Gasteiger partial charge in [0.2, 0.25) is 5.91 Å². The normalized spacial score (nSPS) is 25.7. The summed E-state index contributed by atoms with van der Waals surface area (Å²) in [4.78, 5) is 16.5. The summed E-state index contributed by atoms with van der Waals surface area (Å²) >= 11 is 2.03. The largest absolute Gasteiger partial charge is 0.367 e. The molecule has 3 fully saturated rings. The lowest BCUT2D eigenvalue weighted by molar-refractivity contribution is -0.136. The van der Waals surface area contributed by atoms with Gasteiger partial charge in [-0.3, -0.25) is 14.4 Å². The van der Waals surface area contributed by atoms with Crippen LogP contribution in [-0.2, 0) is 23.1 Å². The molecule has 0 unspecified atom stereocenters. The maximum absolute atomic E-state index is 12.1. The Morgan fingerprint density at radius 2 is 2.16 bits per heavy atom. The average molecular weight is 365 g/mol. The molecule has 6 nitrogen and oxygen atoms in total. The van der Waals surface area contributed by atoms with Crippen molar-refractivity contribution >= 4 is 17.7 Å². The first-order valence-corrected chi connectivity index (χ1v) is 10.3. The Balaban J connectivity index is 1.21. The van der Waals surface area contributed by atoms with Crippen LogP contribution in [-0.4, -0.2) is 74.9 Å². The summed E-state index contributed by atoms with van der Waals surface area (Å²) in [7, 11) is 2.02. The molecule has 3 saturated heterocycles. The third kappa shape index (κ3) is 3.73. The minimum atomic E-state index is 0.172. The van der Waals surface area contributed by atoms with Gasteiger partial charge in [-0.05, 0) is 32.3 Å². The van der Waals surface area contributed by atoms with Gasteiger partial charge in [0.05, 0.1) is 17.5 Å². The molecule has 1 atom stereocenters. The molecule has 0 radical (unpaired) electrons. The molecule has 1 aromatic rings. The molecule has 0 saturated carbocycles. The van der Waals surface area contributed by atoms with Gasteiger partial charge in [-0.15, -0.1) is 11.8 Å². The SMILES string of the molecule is Cc1cc(CN2CC3(C[C@@H](OCC(=O)N4CCCC4)CS3)C2)n(C)n1. The van der Waals surface area contributed by atoms with Crippen LogP contribution in [0.2, 0.25) is 0 Å². The Bertz CT molecular complexity index is 635. The molecule has 25 heavy (non-hydrogen) atoms. The van der Waals surface area contributed by atoms with E-state index in [9.17, 15) is 4.79 Å². The van der Waals surface area contributed by atoms with E-state index >= 15 is 0 Å². The lowest BCUT2D eigenvalue weighted by Gasteiger charge is -2.47. The zero-order valence-corrected chi connectivity index (χ0v) is 16.1. The number of carbonyl (C=O) groups is 1. The smallest absolute Gasteiger partial charge is 0.248 e. The Morgan fingerprint density at radius 1 is 1.40 bits per heavy atom. The van der Waals surface area contributed by atoms with E-state index in [-0.39, 0.29) is 18.6 Å². The van der Waals surface area contributed by atoms with Crippen LogP contribution in [0.25, 0.3) is 0 Å². The highest BCUT2D eigenvalue weighted by atomic mass is 32.2. The molecule has 138 valence electrons. The number of aryl methyl sites for hydroxylation is 2. The second-order valence-corrected chi connectivity index (χ2v) is 9.25. The molecule has 3 aliphatic heterocycles. The predicted octanol–water partition coefficient (Wildman–Crippen LogP) is 1.43. The number of amides is 1. The van der Waals surface area contributed by atoms with E-state index in [0.29, 0.717) is 4.75 Å². The molecule has 1 aromatic heterocycles. The highest BCUT2D eigenvalue weighted by Gasteiger charge is 2.49. The van der Waals surface area contributed by atoms with Crippen molar-refractivity contribution in [3.05, 3.63) is 17.5 Å². The monoisotopic (exact) mass is 364 g/mol. The fourth-order valence-corrected chi connectivity index (χ4v) is 5.90. The topological polar surface area (TPSA) is 50.6 Å². The first-order chi connectivity index (χ1) is 12.0. The zero-order chi connectivity index (χ0) is 17.4. The summed E-state index contributed by atoms with van der Waals surface area (Å²) in [6, 6.07) is 2.17. The summed E-state index contributed by atoms with van der Waals surface area (Å²) in [5.74, 6) is 1.19. The van der Waals surface area contributed by atoms with Crippen molar-refractivity contribution in [3.8, 4) is 0 Å². The lowest BCUT2D eigenvalue weighted by Crippen LogP contribution is -2.58. The molecule has 1 amide bonds. The van der Waals surface area contributed by atoms with Crippen LogP contribution >= 0.6 is 11.8 Å². The van der Waals surface area contributed by atoms with Crippen LogP contribution in [0.4, 0.5) is 0 Å². The number of carbonyl (C=O) groups excluding carboxylic acids is 1. The Morgan fingerprint density at radius 3 is 2.84 bits per heavy atom. The van der Waals surface area contributed by atoms with Gasteiger partial charge in [0.1, 0.15) is 6.61 Å². The van der Waals surface area contributed by atoms with E-state index in [4.69, 9.17) is 4.74 Å². The van der Waals surface area contributed by atoms with Crippen LogP contribution in [0, 0.1) is 6.92 Å². The molecule has 4 heterocycles. The quantitative estimate of drug-likeness (QED) is 0.791. The van der Waals surface area contributed by atoms with Crippen LogP contribution in [0.5, 0.6) is 0 Å². The summed E-state index contributed by atoms with van der Waals surface area (Å²) in [6.45, 7) is 7.32. The molecule has 7 heteroatoms. The molecule has 1 spiro atoms. The first-order valence-electron chi connectivity index (χ1n) is 9.28. The Hall–Kier alpha value is -1.05. The molecular formula is C18H28N4O2S. The van der Waals surface area contributed by atoms with E-state index in [1.54, 1.807) is 0 Å². The van der Waals surface area contributed by atoms with Gasteiger partial charge < -0.3 is 9.64 Å². The minimum absolute atomic E-state index is 0.172. The van der Waals surface area contributed by atoms with Crippen molar-refractivity contribution in [2.24, 2.45) is 7.05 Å². The fourth-order valence-electron chi connectivity index (χ4n) is 4.30. The molecule has 0 aromatic carbocycles. The van der Waals surface area contributed by atoms with E-state index in [0.717, 1.165) is 63.4 Å². The van der Waals surface area contributed by atoms with Gasteiger partial charge in [0, 0.05) is 50.3 Å². The molecule has 3 aliphatic rings. The van der Waals surface area contributed by atoms with E-state index < -0.39 is 0 Å². The van der Waals surface area contributed by atoms with Crippen molar-refractivity contribution in [3.63, 3.8) is 0 Å². The van der Waals surface area contributed by atoms with Gasteiger partial charge in [0.25, 0.3) is 0 Å². The standard InChI is InChI=1S/C18H28N4O2S/c1-14-7-15(20(2)19-14)9-21-12-18(13-21)8-16(11-25-18)24-10-17(23)22-5-3-4-6-22/h7,16H,3-6,8-13H2,1-2H3/t16-/m1/s1. The molecular weight excluding hydrogens is 336 g/mol. The zero-order valence-electron chi connectivity index (χ0n) is 15.2. The number of likely N-dealkylation sites (tertiary alicyclic amines) is 2. The third-order valence-corrected chi connectivity index (χ3v) is 7.16. The number of hydrogen-bond donors (Lipinski definition) is 0. The van der Waals surface area contributed by atoms with Crippen molar-refractivity contribution in [2.75, 3.05) is 38.5 Å². The van der Waals surface area contributed by atoms with Crippen LogP contribution < -0.4 is 0 Å². The van der Waals surface area contributed by atoms with Gasteiger partial charge in [-0.2, -0.15) is 5.10 Å². The van der Waals surface area contributed by atoms with Crippen LogP contribution in [0.1, 0.15) is 30.7 Å². The predicted molar refractivity (Wildman–Crippen MR) is 98.6 cm³/mol. The maximum atomic E-state index is 12.1. The highest BCUT2D eigenvalue weighted by molar-refractivity contribution is 8.01. The number of rotatable bonds is 5.